The lowest BCUT2D eigenvalue weighted by molar-refractivity contribution is 0.673. The second-order valence-corrected chi connectivity index (χ2v) is 4.42. The van der Waals surface area contributed by atoms with Crippen LogP contribution < -0.4 is 10.2 Å². The van der Waals surface area contributed by atoms with Crippen molar-refractivity contribution >= 4 is 17.4 Å². The molecule has 0 spiro atoms. The minimum Gasteiger partial charge on any atom is -0.358 e. The summed E-state index contributed by atoms with van der Waals surface area (Å²) in [5.74, 6) is 0.969. The third kappa shape index (κ3) is 3.36. The third-order valence-corrected chi connectivity index (χ3v) is 2.78. The fraction of sp³-hybridized carbons (Fsp3) is 0.545. The topological polar surface area (TPSA) is 28.2 Å². The molecule has 1 fully saturated rings. The number of rotatable bonds is 5. The van der Waals surface area contributed by atoms with Crippen molar-refractivity contribution in [2.75, 3.05) is 25.0 Å². The van der Waals surface area contributed by atoms with Gasteiger partial charge in [0.2, 0.25) is 0 Å². The highest BCUT2D eigenvalue weighted by Gasteiger charge is 2.19. The summed E-state index contributed by atoms with van der Waals surface area (Å²) in [7, 11) is 2.05. The molecule has 1 aromatic rings. The predicted octanol–water partition coefficient (Wildman–Crippen LogP) is 1.92. The number of hydrogen-bond acceptors (Lipinski definition) is 3. The van der Waals surface area contributed by atoms with E-state index in [1.807, 2.05) is 19.2 Å². The summed E-state index contributed by atoms with van der Waals surface area (Å²) in [6.07, 6.45) is 4.35. The Labute approximate surface area is 95.4 Å². The maximum absolute atomic E-state index is 5.78. The monoisotopic (exact) mass is 225 g/mol. The molecule has 0 aliphatic heterocycles. The Balaban J connectivity index is 1.78. The van der Waals surface area contributed by atoms with Crippen molar-refractivity contribution in [2.45, 2.75) is 18.9 Å². The van der Waals surface area contributed by atoms with Crippen molar-refractivity contribution < 1.29 is 0 Å². The van der Waals surface area contributed by atoms with E-state index in [4.69, 9.17) is 11.6 Å². The fourth-order valence-corrected chi connectivity index (χ4v) is 1.54. The molecular weight excluding hydrogens is 210 g/mol. The highest BCUT2D eigenvalue weighted by Crippen LogP contribution is 2.18. The maximum Gasteiger partial charge on any atom is 0.128 e. The average molecular weight is 226 g/mol. The maximum atomic E-state index is 5.78. The highest BCUT2D eigenvalue weighted by atomic mass is 35.5. The molecule has 1 aliphatic carbocycles. The second-order valence-electron chi connectivity index (χ2n) is 3.98. The smallest absolute Gasteiger partial charge is 0.128 e. The Kier molecular flexibility index (Phi) is 3.44. The van der Waals surface area contributed by atoms with E-state index < -0.39 is 0 Å². The van der Waals surface area contributed by atoms with Crippen LogP contribution >= 0.6 is 11.6 Å². The summed E-state index contributed by atoms with van der Waals surface area (Å²) >= 11 is 5.78. The Morgan fingerprint density at radius 3 is 2.93 bits per heavy atom. The van der Waals surface area contributed by atoms with Crippen LogP contribution in [0.15, 0.2) is 18.3 Å². The van der Waals surface area contributed by atoms with Gasteiger partial charge in [0.1, 0.15) is 5.82 Å². The molecule has 0 saturated heterocycles. The van der Waals surface area contributed by atoms with Gasteiger partial charge in [-0.25, -0.2) is 4.98 Å². The second kappa shape index (κ2) is 4.81. The van der Waals surface area contributed by atoms with Crippen molar-refractivity contribution in [1.29, 1.82) is 0 Å². The van der Waals surface area contributed by atoms with E-state index in [2.05, 4.69) is 15.2 Å². The summed E-state index contributed by atoms with van der Waals surface area (Å²) in [5.41, 5.74) is 0. The number of anilines is 1. The minimum atomic E-state index is 0.684. The van der Waals surface area contributed by atoms with Crippen LogP contribution in [0, 0.1) is 0 Å². The summed E-state index contributed by atoms with van der Waals surface area (Å²) in [4.78, 5) is 6.39. The standard InChI is InChI=1S/C11H16ClN3/c1-15(7-6-13-10-3-4-10)11-5-2-9(12)8-14-11/h2,5,8,10,13H,3-4,6-7H2,1H3. The third-order valence-electron chi connectivity index (χ3n) is 2.56. The number of pyridine rings is 1. The van der Waals surface area contributed by atoms with Gasteiger partial charge in [-0.2, -0.15) is 0 Å². The molecular formula is C11H16ClN3. The minimum absolute atomic E-state index is 0.684. The molecule has 1 heterocycles. The molecule has 0 aromatic carbocycles. The van der Waals surface area contributed by atoms with Gasteiger partial charge in [-0.1, -0.05) is 11.6 Å². The number of aromatic nitrogens is 1. The highest BCUT2D eigenvalue weighted by molar-refractivity contribution is 6.30. The van der Waals surface area contributed by atoms with Gasteiger partial charge in [-0.15, -0.1) is 0 Å². The van der Waals surface area contributed by atoms with Gasteiger partial charge >= 0.3 is 0 Å². The van der Waals surface area contributed by atoms with Crippen LogP contribution in [0.1, 0.15) is 12.8 Å². The van der Waals surface area contributed by atoms with E-state index in [1.54, 1.807) is 6.20 Å². The van der Waals surface area contributed by atoms with Crippen LogP contribution in [0.5, 0.6) is 0 Å². The SMILES string of the molecule is CN(CCNC1CC1)c1ccc(Cl)cn1. The number of nitrogens with zero attached hydrogens (tertiary/aromatic N) is 2. The molecule has 0 bridgehead atoms. The largest absolute Gasteiger partial charge is 0.358 e. The molecule has 15 heavy (non-hydrogen) atoms. The zero-order valence-corrected chi connectivity index (χ0v) is 9.67. The van der Waals surface area contributed by atoms with E-state index in [9.17, 15) is 0 Å². The van der Waals surface area contributed by atoms with Gasteiger partial charge in [0.05, 0.1) is 5.02 Å². The summed E-state index contributed by atoms with van der Waals surface area (Å²) in [5, 5.41) is 4.16. The first-order chi connectivity index (χ1) is 7.25. The summed E-state index contributed by atoms with van der Waals surface area (Å²) in [6.45, 7) is 2.00. The van der Waals surface area contributed by atoms with Crippen molar-refractivity contribution in [1.82, 2.24) is 10.3 Å². The normalized spacial score (nSPS) is 15.3. The molecule has 4 heteroatoms. The van der Waals surface area contributed by atoms with Gasteiger partial charge in [0.25, 0.3) is 0 Å². The van der Waals surface area contributed by atoms with Gasteiger partial charge in [-0.05, 0) is 25.0 Å². The van der Waals surface area contributed by atoms with Crippen LogP contribution in [0.3, 0.4) is 0 Å². The molecule has 0 unspecified atom stereocenters. The molecule has 3 nitrogen and oxygen atoms in total. The molecule has 0 radical (unpaired) electrons. The van der Waals surface area contributed by atoms with Crippen LogP contribution in [-0.4, -0.2) is 31.2 Å². The van der Waals surface area contributed by atoms with E-state index >= 15 is 0 Å². The first-order valence-electron chi connectivity index (χ1n) is 5.32. The van der Waals surface area contributed by atoms with Crippen molar-refractivity contribution in [2.24, 2.45) is 0 Å². The van der Waals surface area contributed by atoms with E-state index in [1.165, 1.54) is 12.8 Å². The van der Waals surface area contributed by atoms with Crippen molar-refractivity contribution in [3.05, 3.63) is 23.4 Å². The number of halogens is 1. The van der Waals surface area contributed by atoms with Gasteiger partial charge in [-0.3, -0.25) is 0 Å². The van der Waals surface area contributed by atoms with E-state index in [0.717, 1.165) is 24.9 Å². The molecule has 1 aliphatic rings. The molecule has 82 valence electrons. The lowest BCUT2D eigenvalue weighted by Crippen LogP contribution is -2.30. The quantitative estimate of drug-likeness (QED) is 0.830. The number of nitrogens with one attached hydrogen (secondary N) is 1. The van der Waals surface area contributed by atoms with E-state index in [-0.39, 0.29) is 0 Å². The molecule has 0 amide bonds. The van der Waals surface area contributed by atoms with Crippen molar-refractivity contribution in [3.8, 4) is 0 Å². The molecule has 1 saturated carbocycles. The van der Waals surface area contributed by atoms with Gasteiger partial charge in [0, 0.05) is 32.4 Å². The van der Waals surface area contributed by atoms with Crippen molar-refractivity contribution in [3.63, 3.8) is 0 Å². The Hall–Kier alpha value is -0.800. The molecule has 1 aromatic heterocycles. The predicted molar refractivity (Wildman–Crippen MR) is 63.5 cm³/mol. The zero-order valence-electron chi connectivity index (χ0n) is 8.91. The number of hydrogen-bond donors (Lipinski definition) is 1. The summed E-state index contributed by atoms with van der Waals surface area (Å²) < 4.78 is 0. The van der Waals surface area contributed by atoms with Crippen LogP contribution in [0.25, 0.3) is 0 Å². The Morgan fingerprint density at radius 2 is 2.33 bits per heavy atom. The lowest BCUT2D eigenvalue weighted by Gasteiger charge is -2.18. The molecule has 1 N–H and O–H groups in total. The van der Waals surface area contributed by atoms with Gasteiger partial charge in [0.15, 0.2) is 0 Å². The first-order valence-corrected chi connectivity index (χ1v) is 5.69. The summed E-state index contributed by atoms with van der Waals surface area (Å²) in [6, 6.07) is 4.59. The van der Waals surface area contributed by atoms with Crippen LogP contribution in [0.4, 0.5) is 5.82 Å². The Bertz CT molecular complexity index is 308. The Morgan fingerprint density at radius 1 is 1.53 bits per heavy atom. The number of likely N-dealkylation sites (N-methyl/N-ethyl adjacent to an activating group) is 1. The lowest BCUT2D eigenvalue weighted by atomic mass is 10.4. The fourth-order valence-electron chi connectivity index (χ4n) is 1.43. The zero-order chi connectivity index (χ0) is 10.7. The first kappa shape index (κ1) is 10.7. The van der Waals surface area contributed by atoms with Gasteiger partial charge < -0.3 is 10.2 Å². The van der Waals surface area contributed by atoms with Crippen LogP contribution in [0.2, 0.25) is 5.02 Å². The van der Waals surface area contributed by atoms with E-state index in [0.29, 0.717) is 5.02 Å². The average Bonchev–Trinajstić information content (AvgIpc) is 3.02. The van der Waals surface area contributed by atoms with Crippen LogP contribution in [-0.2, 0) is 0 Å². The molecule has 2 rings (SSSR count). The molecule has 0 atom stereocenters.